The lowest BCUT2D eigenvalue weighted by atomic mass is 10.3. The quantitative estimate of drug-likeness (QED) is 0.728. The number of amides is 1. The Morgan fingerprint density at radius 3 is 2.44 bits per heavy atom. The molecule has 1 amide bonds. The van der Waals surface area contributed by atoms with Crippen molar-refractivity contribution in [1.29, 1.82) is 0 Å². The van der Waals surface area contributed by atoms with Gasteiger partial charge in [0.05, 0.1) is 23.4 Å². The van der Waals surface area contributed by atoms with Crippen LogP contribution in [0.1, 0.15) is 30.8 Å². The molecule has 0 unspecified atom stereocenters. The normalized spacial score (nSPS) is 11.1. The van der Waals surface area contributed by atoms with E-state index in [0.29, 0.717) is 5.69 Å². The van der Waals surface area contributed by atoms with E-state index in [1.807, 2.05) is 4.72 Å². The summed E-state index contributed by atoms with van der Waals surface area (Å²) in [6, 6.07) is 5.41. The number of sulfonamides is 1. The fourth-order valence-electron chi connectivity index (χ4n) is 1.90. The van der Waals surface area contributed by atoms with Crippen molar-refractivity contribution in [2.75, 3.05) is 6.61 Å². The molecule has 1 heterocycles. The Labute approximate surface area is 144 Å². The molecule has 25 heavy (non-hydrogen) atoms. The number of hydrogen-bond donors (Lipinski definition) is 2. The van der Waals surface area contributed by atoms with Crippen molar-refractivity contribution >= 4 is 21.9 Å². The Hall–Kier alpha value is -2.88. The monoisotopic (exact) mass is 367 g/mol. The molecule has 2 aromatic rings. The molecule has 0 aliphatic heterocycles. The Balaban J connectivity index is 2.27. The van der Waals surface area contributed by atoms with Crippen molar-refractivity contribution in [1.82, 2.24) is 14.5 Å². The summed E-state index contributed by atoms with van der Waals surface area (Å²) < 4.78 is 31.9. The summed E-state index contributed by atoms with van der Waals surface area (Å²) in [5.74, 6) is -1.73. The maximum Gasteiger partial charge on any atom is 0.362 e. The first-order chi connectivity index (χ1) is 11.8. The number of nitrogens with zero attached hydrogens (tertiary/aromatic N) is 2. The largest absolute Gasteiger partial charge is 0.504 e. The summed E-state index contributed by atoms with van der Waals surface area (Å²) in [6.45, 7) is 3.31. The van der Waals surface area contributed by atoms with E-state index in [9.17, 15) is 23.1 Å². The third kappa shape index (κ3) is 4.15. The van der Waals surface area contributed by atoms with E-state index in [0.717, 1.165) is 0 Å². The third-order valence-electron chi connectivity index (χ3n) is 3.14. The number of nitrogens with one attached hydrogen (secondary N) is 1. The van der Waals surface area contributed by atoms with Gasteiger partial charge in [-0.15, -0.1) is 0 Å². The predicted molar refractivity (Wildman–Crippen MR) is 86.8 cm³/mol. The second-order valence-electron chi connectivity index (χ2n) is 4.90. The maximum atomic E-state index is 12.0. The molecule has 0 aliphatic rings. The zero-order chi connectivity index (χ0) is 18.6. The van der Waals surface area contributed by atoms with E-state index in [1.54, 1.807) is 13.8 Å². The summed E-state index contributed by atoms with van der Waals surface area (Å²) in [6.07, 6.45) is 1.25. The van der Waals surface area contributed by atoms with Crippen LogP contribution < -0.4 is 4.72 Å². The van der Waals surface area contributed by atoms with Crippen LogP contribution in [-0.2, 0) is 19.6 Å². The summed E-state index contributed by atoms with van der Waals surface area (Å²) in [5, 5.41) is 13.7. The van der Waals surface area contributed by atoms with E-state index < -0.39 is 21.9 Å². The molecule has 10 heteroatoms. The first-order valence-corrected chi connectivity index (χ1v) is 8.88. The van der Waals surface area contributed by atoms with Gasteiger partial charge in [-0.25, -0.2) is 22.6 Å². The molecule has 0 aliphatic carbocycles. The smallest absolute Gasteiger partial charge is 0.362 e. The first kappa shape index (κ1) is 18.5. The summed E-state index contributed by atoms with van der Waals surface area (Å²) in [7, 11) is -3.95. The van der Waals surface area contributed by atoms with E-state index in [1.165, 1.54) is 35.1 Å². The molecule has 0 atom stereocenters. The minimum Gasteiger partial charge on any atom is -0.504 e. The number of carbonyl (C=O) groups is 2. The number of aromatic hydroxyl groups is 1. The summed E-state index contributed by atoms with van der Waals surface area (Å²) >= 11 is 0. The molecule has 2 N–H and O–H groups in total. The lowest BCUT2D eigenvalue weighted by molar-refractivity contribution is -0.119. The van der Waals surface area contributed by atoms with Crippen LogP contribution in [0.3, 0.4) is 0 Å². The number of esters is 1. The second kappa shape index (κ2) is 7.34. The third-order valence-corrected chi connectivity index (χ3v) is 4.53. The molecule has 1 aromatic carbocycles. The van der Waals surface area contributed by atoms with Gasteiger partial charge in [0, 0.05) is 6.42 Å². The fourth-order valence-corrected chi connectivity index (χ4v) is 2.96. The van der Waals surface area contributed by atoms with Gasteiger partial charge in [-0.1, -0.05) is 6.92 Å². The number of ether oxygens (including phenoxy) is 1. The summed E-state index contributed by atoms with van der Waals surface area (Å²) in [4.78, 5) is 22.8. The second-order valence-corrected chi connectivity index (χ2v) is 6.59. The lowest BCUT2D eigenvalue weighted by Crippen LogP contribution is -2.29. The molecule has 0 radical (unpaired) electrons. The molecular formula is C15H17N3O6S. The highest BCUT2D eigenvalue weighted by Gasteiger charge is 2.19. The number of rotatable bonds is 6. The average molecular weight is 367 g/mol. The predicted octanol–water partition coefficient (Wildman–Crippen LogP) is 0.969. The van der Waals surface area contributed by atoms with E-state index >= 15 is 0 Å². The lowest BCUT2D eigenvalue weighted by Gasteiger charge is -2.07. The van der Waals surface area contributed by atoms with Gasteiger partial charge >= 0.3 is 5.97 Å². The molecule has 0 fully saturated rings. The van der Waals surface area contributed by atoms with Gasteiger partial charge in [-0.3, -0.25) is 4.79 Å². The van der Waals surface area contributed by atoms with Crippen molar-refractivity contribution in [3.05, 3.63) is 36.2 Å². The number of aromatic nitrogens is 2. The van der Waals surface area contributed by atoms with Crippen LogP contribution >= 0.6 is 0 Å². The Bertz CT molecular complexity index is 886. The Morgan fingerprint density at radius 2 is 1.88 bits per heavy atom. The molecule has 1 aromatic heterocycles. The standard InChI is InChI=1S/C15H17N3O6S/c1-3-13(20)17-25(22,23)11-7-5-10(6-8-11)18-9-12(19)14(16-18)15(21)24-4-2/h5-9,19H,3-4H2,1-2H3,(H,17,20). The Kier molecular flexibility index (Phi) is 5.42. The van der Waals surface area contributed by atoms with Gasteiger partial charge in [0.25, 0.3) is 10.0 Å². The van der Waals surface area contributed by atoms with Crippen molar-refractivity contribution < 1.29 is 27.9 Å². The topological polar surface area (TPSA) is 128 Å². The SMILES string of the molecule is CCOC(=O)c1nn(-c2ccc(S(=O)(=O)NC(=O)CC)cc2)cc1O. The van der Waals surface area contributed by atoms with Gasteiger partial charge in [0.2, 0.25) is 11.6 Å². The molecule has 9 nitrogen and oxygen atoms in total. The first-order valence-electron chi connectivity index (χ1n) is 7.40. The van der Waals surface area contributed by atoms with Crippen molar-refractivity contribution in [3.63, 3.8) is 0 Å². The van der Waals surface area contributed by atoms with Gasteiger partial charge in [-0.2, -0.15) is 5.10 Å². The van der Waals surface area contributed by atoms with Gasteiger partial charge in [0.1, 0.15) is 0 Å². The zero-order valence-electron chi connectivity index (χ0n) is 13.6. The van der Waals surface area contributed by atoms with Crippen molar-refractivity contribution in [3.8, 4) is 11.4 Å². The average Bonchev–Trinajstić information content (AvgIpc) is 2.96. The van der Waals surface area contributed by atoms with Crippen LogP contribution in [-0.4, -0.2) is 41.8 Å². The summed E-state index contributed by atoms with van der Waals surface area (Å²) in [5.41, 5.74) is 0.167. The van der Waals surface area contributed by atoms with E-state index in [-0.39, 0.29) is 29.4 Å². The molecule has 0 spiro atoms. The molecule has 0 saturated heterocycles. The number of benzene rings is 1. The molecular weight excluding hydrogens is 350 g/mol. The van der Waals surface area contributed by atoms with Crippen LogP contribution in [0.25, 0.3) is 5.69 Å². The number of carbonyl (C=O) groups excluding carboxylic acids is 2. The highest BCUT2D eigenvalue weighted by molar-refractivity contribution is 7.90. The molecule has 0 bridgehead atoms. The van der Waals surface area contributed by atoms with Gasteiger partial charge in [0.15, 0.2) is 5.75 Å². The van der Waals surface area contributed by atoms with Crippen LogP contribution in [0.5, 0.6) is 5.75 Å². The Morgan fingerprint density at radius 1 is 1.24 bits per heavy atom. The van der Waals surface area contributed by atoms with Crippen LogP contribution in [0.2, 0.25) is 0 Å². The van der Waals surface area contributed by atoms with Gasteiger partial charge in [-0.05, 0) is 31.2 Å². The molecule has 134 valence electrons. The number of hydrogen-bond acceptors (Lipinski definition) is 7. The van der Waals surface area contributed by atoms with Crippen LogP contribution in [0.15, 0.2) is 35.4 Å². The molecule has 0 saturated carbocycles. The minimum absolute atomic E-state index is 0.0422. The van der Waals surface area contributed by atoms with Crippen LogP contribution in [0.4, 0.5) is 0 Å². The van der Waals surface area contributed by atoms with E-state index in [2.05, 4.69) is 5.10 Å². The van der Waals surface area contributed by atoms with Crippen molar-refractivity contribution in [2.45, 2.75) is 25.2 Å². The molecule has 2 rings (SSSR count). The maximum absolute atomic E-state index is 12.0. The minimum atomic E-state index is -3.95. The van der Waals surface area contributed by atoms with Crippen LogP contribution in [0, 0.1) is 0 Å². The highest BCUT2D eigenvalue weighted by atomic mass is 32.2. The van der Waals surface area contributed by atoms with Gasteiger partial charge < -0.3 is 9.84 Å². The van der Waals surface area contributed by atoms with Crippen molar-refractivity contribution in [2.24, 2.45) is 0 Å². The van der Waals surface area contributed by atoms with E-state index in [4.69, 9.17) is 4.74 Å². The fraction of sp³-hybridized carbons (Fsp3) is 0.267. The highest BCUT2D eigenvalue weighted by Crippen LogP contribution is 2.20. The zero-order valence-corrected chi connectivity index (χ0v) is 14.4.